The second-order valence-corrected chi connectivity index (χ2v) is 21.8. The fourth-order valence-corrected chi connectivity index (χ4v) is 15.1. The number of carboxylic acids is 1. The zero-order valence-corrected chi connectivity index (χ0v) is 35.3. The molecule has 1 saturated heterocycles. The number of carboxylic acid groups (broad SMARTS) is 1. The molecule has 3 N–H and O–H groups in total. The minimum Gasteiger partial charge on any atom is -0.481 e. The van der Waals surface area contributed by atoms with Gasteiger partial charge in [-0.15, -0.1) is 0 Å². The molecule has 6 fully saturated rings. The van der Waals surface area contributed by atoms with Crippen LogP contribution < -0.4 is 10.6 Å². The van der Waals surface area contributed by atoms with Crippen LogP contribution in [0.25, 0.3) is 0 Å². The van der Waals surface area contributed by atoms with Crippen LogP contribution >= 0.6 is 0 Å². The average molecular weight is 749 g/mol. The van der Waals surface area contributed by atoms with Crippen LogP contribution in [-0.2, 0) is 23.9 Å². The van der Waals surface area contributed by atoms with Gasteiger partial charge in [-0.3, -0.25) is 19.2 Å². The van der Waals surface area contributed by atoms with Gasteiger partial charge in [0, 0.05) is 30.3 Å². The van der Waals surface area contributed by atoms with Crippen molar-refractivity contribution in [3.63, 3.8) is 0 Å². The Morgan fingerprint density at radius 2 is 1.57 bits per heavy atom. The van der Waals surface area contributed by atoms with E-state index in [1.807, 2.05) is 13.8 Å². The third kappa shape index (κ3) is 5.65. The van der Waals surface area contributed by atoms with Gasteiger partial charge >= 0.3 is 11.9 Å². The van der Waals surface area contributed by atoms with E-state index in [4.69, 9.17) is 4.74 Å². The number of nitrogens with one attached hydrogen (secondary N) is 2. The highest BCUT2D eigenvalue weighted by atomic mass is 16.5. The lowest BCUT2D eigenvalue weighted by Gasteiger charge is -2.72. The Kier molecular flexibility index (Phi) is 9.95. The lowest BCUT2D eigenvalue weighted by Crippen LogP contribution is -2.66. The first-order valence-electron chi connectivity index (χ1n) is 21.9. The number of aliphatic carboxylic acids is 1. The van der Waals surface area contributed by atoms with E-state index in [0.717, 1.165) is 82.9 Å². The third-order valence-electron chi connectivity index (χ3n) is 18.7. The van der Waals surface area contributed by atoms with Gasteiger partial charge in [0.15, 0.2) is 5.78 Å². The molecule has 5 saturated carbocycles. The number of allylic oxidation sites excluding steroid dienone is 2. The van der Waals surface area contributed by atoms with Gasteiger partial charge in [0.1, 0.15) is 6.10 Å². The molecule has 6 aliphatic carbocycles. The maximum atomic E-state index is 14.2. The molecule has 1 heterocycles. The minimum atomic E-state index is -0.822. The summed E-state index contributed by atoms with van der Waals surface area (Å²) in [6.45, 7) is 25.3. The van der Waals surface area contributed by atoms with Gasteiger partial charge in [-0.25, -0.2) is 0 Å². The quantitative estimate of drug-likeness (QED) is 0.213. The third-order valence-corrected chi connectivity index (χ3v) is 18.7. The molecule has 54 heavy (non-hydrogen) atoms. The van der Waals surface area contributed by atoms with Crippen LogP contribution in [0.15, 0.2) is 11.1 Å². The lowest BCUT2D eigenvalue weighted by molar-refractivity contribution is -0.237. The molecule has 0 bridgehead atoms. The van der Waals surface area contributed by atoms with E-state index in [1.165, 1.54) is 5.57 Å². The Balaban J connectivity index is 1.13. The standard InChI is InChI=1S/C46H72N2O6/c1-26(2)36-32(49)23-46(27(3)24-48-38(50)28-12-11-21-47-25-28)20-19-44(9)29(37(36)46)13-14-34-43(8)17-16-35(42(6,7)33(43)15-18-45(34,44)10)54-40(53)31-22-30(39(51)52)41(31,4)5/h26-31,33-35,47H,11-25H2,1-10H3,(H,48,50)(H,51,52)/t27-,28+,29-,30+,31-,33+,34-,35+,43+,44-,45-,46?/m1/s1. The lowest BCUT2D eigenvalue weighted by atomic mass is 9.32. The van der Waals surface area contributed by atoms with Crippen molar-refractivity contribution in [1.82, 2.24) is 10.6 Å². The van der Waals surface area contributed by atoms with E-state index < -0.39 is 17.3 Å². The summed E-state index contributed by atoms with van der Waals surface area (Å²) in [5, 5.41) is 16.4. The van der Waals surface area contributed by atoms with Crippen molar-refractivity contribution in [2.45, 2.75) is 152 Å². The van der Waals surface area contributed by atoms with Gasteiger partial charge in [-0.05, 0) is 134 Å². The first-order chi connectivity index (χ1) is 25.2. The number of piperidine rings is 1. The molecule has 7 aliphatic rings. The van der Waals surface area contributed by atoms with Crippen molar-refractivity contribution < 1.29 is 29.0 Å². The van der Waals surface area contributed by atoms with Crippen LogP contribution in [0, 0.1) is 79.8 Å². The fourth-order valence-electron chi connectivity index (χ4n) is 15.1. The van der Waals surface area contributed by atoms with Crippen molar-refractivity contribution in [1.29, 1.82) is 0 Å². The molecular weight excluding hydrogens is 677 g/mol. The number of carbonyl (C=O) groups is 4. The number of rotatable bonds is 8. The second kappa shape index (κ2) is 13.4. The Hall–Kier alpha value is -2.22. The number of ether oxygens (including phenoxy) is 1. The Labute approximate surface area is 325 Å². The van der Waals surface area contributed by atoms with Crippen LogP contribution in [0.1, 0.15) is 146 Å². The summed E-state index contributed by atoms with van der Waals surface area (Å²) in [5.41, 5.74) is 1.89. The van der Waals surface area contributed by atoms with E-state index in [9.17, 15) is 24.3 Å². The topological polar surface area (TPSA) is 122 Å². The Bertz CT molecular complexity index is 1590. The molecule has 1 aliphatic heterocycles. The molecule has 0 radical (unpaired) electrons. The average Bonchev–Trinajstić information content (AvgIpc) is 3.41. The Morgan fingerprint density at radius 1 is 0.852 bits per heavy atom. The molecule has 0 aromatic heterocycles. The smallest absolute Gasteiger partial charge is 0.309 e. The van der Waals surface area contributed by atoms with Gasteiger partial charge in [-0.1, -0.05) is 74.8 Å². The highest BCUT2D eigenvalue weighted by molar-refractivity contribution is 6.00. The van der Waals surface area contributed by atoms with Gasteiger partial charge in [-0.2, -0.15) is 0 Å². The van der Waals surface area contributed by atoms with Crippen LogP contribution in [0.5, 0.6) is 0 Å². The van der Waals surface area contributed by atoms with Gasteiger partial charge in [0.2, 0.25) is 5.91 Å². The molecule has 7 rings (SSSR count). The summed E-state index contributed by atoms with van der Waals surface area (Å²) in [6.07, 6.45) is 11.2. The minimum absolute atomic E-state index is 0.0323. The SMILES string of the molecule is CC(C)C1=C2[C@H]3CC[C@@H]4[C@@]5(C)CC[C@H](OC(=O)[C@H]6C[C@@H](C(=O)O)C6(C)C)C(C)(C)[C@@H]5CC[C@@]4(C)[C@]3(C)CCC2([C@H](C)CNC(=O)[C@H]2CCCNC2)CC1=O. The first kappa shape index (κ1) is 40.0. The summed E-state index contributed by atoms with van der Waals surface area (Å²) in [4.78, 5) is 52.9. The molecular formula is C46H72N2O6. The molecule has 0 aromatic rings. The van der Waals surface area contributed by atoms with Gasteiger partial charge in [0.25, 0.3) is 0 Å². The first-order valence-corrected chi connectivity index (χ1v) is 21.9. The number of amides is 1. The van der Waals surface area contributed by atoms with Crippen molar-refractivity contribution in [3.8, 4) is 0 Å². The number of esters is 1. The molecule has 1 unspecified atom stereocenters. The Morgan fingerprint density at radius 3 is 2.20 bits per heavy atom. The maximum Gasteiger partial charge on any atom is 0.309 e. The monoisotopic (exact) mass is 749 g/mol. The number of hydrogen-bond donors (Lipinski definition) is 3. The number of Topliss-reactive ketones (excluding diaryl/α,β-unsaturated/α-hetero) is 1. The van der Waals surface area contributed by atoms with E-state index in [2.05, 4.69) is 66.0 Å². The predicted molar refractivity (Wildman–Crippen MR) is 210 cm³/mol. The van der Waals surface area contributed by atoms with Crippen LogP contribution in [0.4, 0.5) is 0 Å². The van der Waals surface area contributed by atoms with E-state index in [0.29, 0.717) is 42.9 Å². The van der Waals surface area contributed by atoms with Crippen LogP contribution in [0.2, 0.25) is 0 Å². The zero-order chi connectivity index (χ0) is 39.4. The highest BCUT2D eigenvalue weighted by Crippen LogP contribution is 2.77. The van der Waals surface area contributed by atoms with E-state index >= 15 is 0 Å². The fraction of sp³-hybridized carbons (Fsp3) is 0.870. The number of hydrogen-bond acceptors (Lipinski definition) is 6. The molecule has 1 amide bonds. The van der Waals surface area contributed by atoms with Crippen molar-refractivity contribution >= 4 is 23.6 Å². The summed E-state index contributed by atoms with van der Waals surface area (Å²) in [5.74, 6) is 0.333. The normalized spacial score (nSPS) is 44.2. The summed E-state index contributed by atoms with van der Waals surface area (Å²) >= 11 is 0. The van der Waals surface area contributed by atoms with Crippen LogP contribution in [-0.4, -0.2) is 54.5 Å². The van der Waals surface area contributed by atoms with Crippen molar-refractivity contribution in [3.05, 3.63) is 11.1 Å². The predicted octanol–water partition coefficient (Wildman–Crippen LogP) is 8.38. The molecule has 8 nitrogen and oxygen atoms in total. The largest absolute Gasteiger partial charge is 0.481 e. The number of fused-ring (bicyclic) bond motifs is 7. The summed E-state index contributed by atoms with van der Waals surface area (Å²) in [7, 11) is 0. The van der Waals surface area contributed by atoms with E-state index in [1.54, 1.807) is 0 Å². The molecule has 12 atom stereocenters. The summed E-state index contributed by atoms with van der Waals surface area (Å²) in [6, 6.07) is 0. The molecule has 302 valence electrons. The van der Waals surface area contributed by atoms with Crippen molar-refractivity contribution in [2.24, 2.45) is 79.8 Å². The molecule has 0 aromatic carbocycles. The summed E-state index contributed by atoms with van der Waals surface area (Å²) < 4.78 is 6.43. The van der Waals surface area contributed by atoms with Crippen molar-refractivity contribution in [2.75, 3.05) is 19.6 Å². The van der Waals surface area contributed by atoms with Crippen LogP contribution in [0.3, 0.4) is 0 Å². The highest BCUT2D eigenvalue weighted by Gasteiger charge is 2.71. The molecule has 0 spiro atoms. The second-order valence-electron chi connectivity index (χ2n) is 21.8. The van der Waals surface area contributed by atoms with E-state index in [-0.39, 0.29) is 68.7 Å². The number of carbonyl (C=O) groups excluding carboxylic acids is 3. The van der Waals surface area contributed by atoms with Gasteiger partial charge in [0.05, 0.1) is 17.8 Å². The zero-order valence-electron chi connectivity index (χ0n) is 35.3. The number of ketones is 1. The molecule has 8 heteroatoms. The maximum absolute atomic E-state index is 14.2. The van der Waals surface area contributed by atoms with Gasteiger partial charge < -0.3 is 20.5 Å².